The van der Waals surface area contributed by atoms with Crippen molar-refractivity contribution in [3.63, 3.8) is 0 Å². The van der Waals surface area contributed by atoms with Crippen LogP contribution in [0.5, 0.6) is 0 Å². The van der Waals surface area contributed by atoms with E-state index in [0.29, 0.717) is 29.9 Å². The first-order valence-electron chi connectivity index (χ1n) is 13.7. The molecule has 0 bridgehead atoms. The summed E-state index contributed by atoms with van der Waals surface area (Å²) in [5, 5.41) is 20.2. The topological polar surface area (TPSA) is 106 Å². The van der Waals surface area contributed by atoms with Gasteiger partial charge in [-0.15, -0.1) is 0 Å². The summed E-state index contributed by atoms with van der Waals surface area (Å²) in [5.74, 6) is 0.958. The van der Waals surface area contributed by atoms with Crippen molar-refractivity contribution in [3.05, 3.63) is 64.3 Å². The van der Waals surface area contributed by atoms with Gasteiger partial charge in [0, 0.05) is 56.3 Å². The first-order chi connectivity index (χ1) is 18.9. The van der Waals surface area contributed by atoms with E-state index < -0.39 is 11.0 Å². The maximum absolute atomic E-state index is 12.5. The number of aryl methyl sites for hydroxylation is 1. The number of piperazine rings is 1. The molecule has 212 valence electrons. The Morgan fingerprint density at radius 3 is 2.60 bits per heavy atom. The fourth-order valence-corrected chi connectivity index (χ4v) is 5.69. The molecule has 4 N–H and O–H groups in total. The van der Waals surface area contributed by atoms with Gasteiger partial charge in [0.15, 0.2) is 5.82 Å². The Hall–Kier alpha value is -3.40. The average Bonchev–Trinajstić information content (AvgIpc) is 3.13. The first kappa shape index (κ1) is 28.1. The Labute approximate surface area is 241 Å². The number of anilines is 5. The number of carbonyl (C=O) groups is 1. The van der Waals surface area contributed by atoms with Crippen LogP contribution in [0.15, 0.2) is 42.6 Å². The second-order valence-corrected chi connectivity index (χ2v) is 12.3. The molecule has 0 aliphatic carbocycles. The summed E-state index contributed by atoms with van der Waals surface area (Å²) < 4.78 is 0. The Morgan fingerprint density at radius 1 is 1.15 bits per heavy atom. The fourth-order valence-electron chi connectivity index (χ4n) is 5.53. The van der Waals surface area contributed by atoms with Crippen LogP contribution in [0, 0.1) is 6.92 Å². The molecule has 0 spiro atoms. The molecule has 2 aliphatic heterocycles. The number of hydrogen-bond donors (Lipinski definition) is 4. The number of β-amino-alcohol motifs (C(OH)–C–C–N with tert-alkyl or cyclic N) is 1. The van der Waals surface area contributed by atoms with Gasteiger partial charge in [-0.1, -0.05) is 23.7 Å². The van der Waals surface area contributed by atoms with Crippen molar-refractivity contribution in [3.8, 4) is 0 Å². The minimum absolute atomic E-state index is 0.00380. The van der Waals surface area contributed by atoms with E-state index >= 15 is 0 Å². The molecule has 10 heteroatoms. The Bertz CT molecular complexity index is 1410. The molecule has 5 rings (SSSR count). The van der Waals surface area contributed by atoms with Gasteiger partial charge < -0.3 is 26.0 Å². The number of hydrogen-bond acceptors (Lipinski definition) is 8. The number of aliphatic hydroxyl groups is 1. The molecule has 0 radical (unpaired) electrons. The minimum Gasteiger partial charge on any atom is -0.389 e. The van der Waals surface area contributed by atoms with Crippen molar-refractivity contribution in [2.24, 2.45) is 0 Å². The number of aromatic nitrogens is 2. The molecule has 1 fully saturated rings. The van der Waals surface area contributed by atoms with Gasteiger partial charge in [-0.25, -0.2) is 4.98 Å². The van der Waals surface area contributed by atoms with E-state index in [1.54, 1.807) is 6.20 Å². The number of nitrogens with zero attached hydrogens (tertiary/aromatic N) is 4. The van der Waals surface area contributed by atoms with Crippen molar-refractivity contribution < 1.29 is 9.90 Å². The van der Waals surface area contributed by atoms with Gasteiger partial charge in [0.1, 0.15) is 5.02 Å². The lowest BCUT2D eigenvalue weighted by Gasteiger charge is -2.38. The maximum atomic E-state index is 12.5. The third-order valence-electron chi connectivity index (χ3n) is 7.59. The molecule has 3 aromatic rings. The van der Waals surface area contributed by atoms with E-state index in [9.17, 15) is 9.90 Å². The Morgan fingerprint density at radius 2 is 1.90 bits per heavy atom. The zero-order valence-corrected chi connectivity index (χ0v) is 24.6. The predicted molar refractivity (Wildman–Crippen MR) is 162 cm³/mol. The van der Waals surface area contributed by atoms with E-state index in [1.165, 1.54) is 5.69 Å². The van der Waals surface area contributed by atoms with E-state index in [2.05, 4.69) is 60.8 Å². The summed E-state index contributed by atoms with van der Waals surface area (Å²) in [4.78, 5) is 26.2. The molecule has 9 nitrogen and oxygen atoms in total. The second-order valence-electron chi connectivity index (χ2n) is 11.9. The number of rotatable bonds is 8. The van der Waals surface area contributed by atoms with Gasteiger partial charge in [-0.05, 0) is 75.6 Å². The Balaban J connectivity index is 1.25. The van der Waals surface area contributed by atoms with Gasteiger partial charge in [0.2, 0.25) is 11.9 Å². The summed E-state index contributed by atoms with van der Waals surface area (Å²) in [6, 6.07) is 12.2. The molecular weight excluding hydrogens is 526 g/mol. The van der Waals surface area contributed by atoms with Gasteiger partial charge >= 0.3 is 0 Å². The lowest BCUT2D eigenvalue weighted by atomic mass is 9.83. The number of amides is 1. The summed E-state index contributed by atoms with van der Waals surface area (Å²) in [5.41, 5.74) is 4.75. The monoisotopic (exact) mass is 563 g/mol. The molecule has 1 saturated heterocycles. The van der Waals surface area contributed by atoms with E-state index in [4.69, 9.17) is 11.6 Å². The summed E-state index contributed by atoms with van der Waals surface area (Å²) >= 11 is 6.44. The lowest BCUT2D eigenvalue weighted by molar-refractivity contribution is -0.119. The van der Waals surface area contributed by atoms with Crippen molar-refractivity contribution in [2.45, 2.75) is 52.2 Å². The standard InChI is InChI=1S/C30H38ClN7O2/c1-19-15-21(38-13-11-37(12-14-38)18-29(2,3)40)9-10-23(19)35-28-33-17-22(31)26(36-28)32-16-20-7-6-8-24-25(20)30(4,5)27(39)34-24/h6-10,15,17,40H,11-14,16,18H2,1-5H3,(H,34,39)(H2,32,33,35,36). The van der Waals surface area contributed by atoms with Crippen molar-refractivity contribution in [1.82, 2.24) is 14.9 Å². The number of fused-ring (bicyclic) bond motifs is 1. The van der Waals surface area contributed by atoms with Crippen molar-refractivity contribution in [2.75, 3.05) is 53.6 Å². The van der Waals surface area contributed by atoms with Gasteiger partial charge in [-0.3, -0.25) is 9.69 Å². The third-order valence-corrected chi connectivity index (χ3v) is 7.86. The highest BCUT2D eigenvalue weighted by Crippen LogP contribution is 2.40. The molecule has 1 aromatic heterocycles. The first-order valence-corrected chi connectivity index (χ1v) is 14.1. The van der Waals surface area contributed by atoms with Crippen LogP contribution in [0.25, 0.3) is 0 Å². The summed E-state index contributed by atoms with van der Waals surface area (Å²) in [6.45, 7) is 14.5. The summed E-state index contributed by atoms with van der Waals surface area (Å²) in [7, 11) is 0. The zero-order valence-electron chi connectivity index (χ0n) is 23.8. The van der Waals surface area contributed by atoms with Gasteiger partial charge in [0.25, 0.3) is 0 Å². The molecule has 1 amide bonds. The van der Waals surface area contributed by atoms with Gasteiger partial charge in [-0.2, -0.15) is 4.98 Å². The quantitative estimate of drug-likeness (QED) is 0.306. The zero-order chi connectivity index (χ0) is 28.7. The predicted octanol–water partition coefficient (Wildman–Crippen LogP) is 4.92. The third kappa shape index (κ3) is 6.01. The molecule has 2 aromatic carbocycles. The van der Waals surface area contributed by atoms with Crippen LogP contribution in [0.2, 0.25) is 5.02 Å². The van der Waals surface area contributed by atoms with Crippen LogP contribution in [-0.2, 0) is 16.8 Å². The van der Waals surface area contributed by atoms with Crippen molar-refractivity contribution in [1.29, 1.82) is 0 Å². The highest BCUT2D eigenvalue weighted by atomic mass is 35.5. The fraction of sp³-hybridized carbons (Fsp3) is 0.433. The second kappa shape index (κ2) is 10.9. The molecule has 0 unspecified atom stereocenters. The van der Waals surface area contributed by atoms with Crippen LogP contribution in [0.1, 0.15) is 44.4 Å². The summed E-state index contributed by atoms with van der Waals surface area (Å²) in [6.07, 6.45) is 1.58. The molecule has 3 heterocycles. The maximum Gasteiger partial charge on any atom is 0.234 e. The van der Waals surface area contributed by atoms with Crippen molar-refractivity contribution >= 4 is 46.3 Å². The van der Waals surface area contributed by atoms with E-state index in [1.807, 2.05) is 45.9 Å². The minimum atomic E-state index is -0.679. The Kier molecular flexibility index (Phi) is 7.65. The van der Waals surface area contributed by atoms with E-state index in [-0.39, 0.29) is 5.91 Å². The molecule has 40 heavy (non-hydrogen) atoms. The molecule has 0 atom stereocenters. The number of carbonyl (C=O) groups excluding carboxylic acids is 1. The SMILES string of the molecule is Cc1cc(N2CCN(CC(C)(C)O)CC2)ccc1Nc1ncc(Cl)c(NCc2cccc3c2C(C)(C)C(=O)N3)n1. The van der Waals surface area contributed by atoms with Crippen LogP contribution in [0.3, 0.4) is 0 Å². The molecule has 0 saturated carbocycles. The smallest absolute Gasteiger partial charge is 0.234 e. The number of nitrogens with one attached hydrogen (secondary N) is 3. The normalized spacial score (nSPS) is 17.0. The molecular formula is C30H38ClN7O2. The van der Waals surface area contributed by atoms with Crippen LogP contribution < -0.4 is 20.9 Å². The molecule has 2 aliphatic rings. The number of halogens is 1. The average molecular weight is 564 g/mol. The van der Waals surface area contributed by atoms with Gasteiger partial charge in [0.05, 0.1) is 17.2 Å². The largest absolute Gasteiger partial charge is 0.389 e. The van der Waals surface area contributed by atoms with Crippen LogP contribution in [-0.4, -0.2) is 64.2 Å². The highest BCUT2D eigenvalue weighted by Gasteiger charge is 2.39. The van der Waals surface area contributed by atoms with E-state index in [0.717, 1.165) is 54.2 Å². The highest BCUT2D eigenvalue weighted by molar-refractivity contribution is 6.32. The van der Waals surface area contributed by atoms with Crippen LogP contribution >= 0.6 is 11.6 Å². The number of benzene rings is 2. The lowest BCUT2D eigenvalue weighted by Crippen LogP contribution is -2.50. The van der Waals surface area contributed by atoms with Crippen LogP contribution in [0.4, 0.5) is 28.8 Å².